The number of aryl methyl sites for hydroxylation is 1. The van der Waals surface area contributed by atoms with Gasteiger partial charge < -0.3 is 25.4 Å². The van der Waals surface area contributed by atoms with Crippen molar-refractivity contribution in [3.05, 3.63) is 89.0 Å². The second-order valence-electron chi connectivity index (χ2n) is 9.86. The molecule has 5 aliphatic rings. The van der Waals surface area contributed by atoms with Crippen LogP contribution in [-0.4, -0.2) is 43.0 Å². The molecule has 0 aromatic heterocycles. The highest BCUT2D eigenvalue weighted by molar-refractivity contribution is 5.78. The molecule has 1 unspecified atom stereocenters. The average Bonchev–Trinajstić information content (AvgIpc) is 2.94. The van der Waals surface area contributed by atoms with Crippen molar-refractivity contribution < 1.29 is 19.1 Å². The van der Waals surface area contributed by atoms with Crippen molar-refractivity contribution >= 4 is 11.8 Å². The van der Waals surface area contributed by atoms with Crippen LogP contribution in [0.1, 0.15) is 54.0 Å². The van der Waals surface area contributed by atoms with Crippen LogP contribution in [0.5, 0.6) is 17.2 Å². The van der Waals surface area contributed by atoms with E-state index in [1.165, 1.54) is 5.56 Å². The number of carbonyl (C=O) groups excluding carboxylic acids is 2. The number of rotatable bonds is 3. The van der Waals surface area contributed by atoms with Gasteiger partial charge in [-0.2, -0.15) is 0 Å². The molecule has 38 heavy (non-hydrogen) atoms. The highest BCUT2D eigenvalue weighted by Crippen LogP contribution is 2.39. The Labute approximate surface area is 223 Å². The van der Waals surface area contributed by atoms with Crippen LogP contribution in [0.3, 0.4) is 0 Å². The van der Waals surface area contributed by atoms with Crippen LogP contribution in [0.2, 0.25) is 0 Å². The molecule has 0 spiro atoms. The van der Waals surface area contributed by atoms with Crippen molar-refractivity contribution in [2.24, 2.45) is 5.73 Å². The number of ether oxygens (including phenoxy) is 2. The molecule has 3 N–H and O–H groups in total. The molecule has 2 amide bonds. The van der Waals surface area contributed by atoms with Gasteiger partial charge in [-0.05, 0) is 90.9 Å². The topological polar surface area (TPSA) is 93.9 Å². The maximum atomic E-state index is 13.3. The fourth-order valence-electron chi connectivity index (χ4n) is 5.16. The second kappa shape index (κ2) is 12.1. The van der Waals surface area contributed by atoms with Gasteiger partial charge in [0.1, 0.15) is 17.2 Å². The van der Waals surface area contributed by atoms with E-state index < -0.39 is 0 Å². The van der Waals surface area contributed by atoms with Gasteiger partial charge in [-0.15, -0.1) is 0 Å². The Morgan fingerprint density at radius 3 is 2.66 bits per heavy atom. The normalized spacial score (nSPS) is 17.7. The number of nitrogens with one attached hydrogen (secondary N) is 1. The molecule has 3 aromatic rings. The Kier molecular flexibility index (Phi) is 8.24. The summed E-state index contributed by atoms with van der Waals surface area (Å²) in [6, 6.07) is 21.8. The Balaban J connectivity index is 1.49. The summed E-state index contributed by atoms with van der Waals surface area (Å²) in [6.07, 6.45) is 3.68. The number of nitrogens with zero attached hydrogens (tertiary/aromatic N) is 1. The number of nitrogens with two attached hydrogens (primary N) is 1. The summed E-state index contributed by atoms with van der Waals surface area (Å²) >= 11 is 0. The lowest BCUT2D eigenvalue weighted by atomic mass is 9.87. The van der Waals surface area contributed by atoms with Crippen LogP contribution < -0.4 is 20.5 Å². The van der Waals surface area contributed by atoms with Crippen molar-refractivity contribution in [2.45, 2.75) is 44.6 Å². The Morgan fingerprint density at radius 1 is 0.974 bits per heavy atom. The molecule has 3 aromatic carbocycles. The third-order valence-electron chi connectivity index (χ3n) is 7.14. The standard InChI is InChI=1S/C31H35N3O4/c32-16-2-6-30(36)34-18-15-23-20-27-12-13-28(23)31(34)24-4-1-5-26(21-24)37-19-3-17-33-29(35)14-9-22-7-10-25(38-27)11-8-22/h1,4-5,7-8,10-13,20-21,31H,2-3,6,9,14-19,32H2,(H,33,35). The summed E-state index contributed by atoms with van der Waals surface area (Å²) in [7, 11) is 0. The summed E-state index contributed by atoms with van der Waals surface area (Å²) in [4.78, 5) is 27.5. The van der Waals surface area contributed by atoms with Gasteiger partial charge in [0.15, 0.2) is 0 Å². The fraction of sp³-hybridized carbons (Fsp3) is 0.355. The van der Waals surface area contributed by atoms with Crippen LogP contribution in [0.4, 0.5) is 0 Å². The van der Waals surface area contributed by atoms with Crippen LogP contribution in [-0.2, 0) is 22.4 Å². The van der Waals surface area contributed by atoms with E-state index in [1.807, 2.05) is 53.4 Å². The van der Waals surface area contributed by atoms with Gasteiger partial charge in [-0.3, -0.25) is 9.59 Å². The first-order valence-corrected chi connectivity index (χ1v) is 13.5. The molecule has 198 valence electrons. The zero-order valence-electron chi connectivity index (χ0n) is 21.7. The predicted molar refractivity (Wildman–Crippen MR) is 146 cm³/mol. The van der Waals surface area contributed by atoms with E-state index in [4.69, 9.17) is 15.2 Å². The van der Waals surface area contributed by atoms with Crippen LogP contribution in [0.15, 0.2) is 66.7 Å². The minimum absolute atomic E-state index is 0.0335. The minimum Gasteiger partial charge on any atom is -0.494 e. The van der Waals surface area contributed by atoms with E-state index in [0.29, 0.717) is 58.3 Å². The minimum atomic E-state index is -0.214. The van der Waals surface area contributed by atoms with Crippen molar-refractivity contribution in [3.8, 4) is 17.2 Å². The summed E-state index contributed by atoms with van der Waals surface area (Å²) < 4.78 is 12.2. The van der Waals surface area contributed by atoms with Gasteiger partial charge in [0, 0.05) is 25.9 Å². The van der Waals surface area contributed by atoms with Gasteiger partial charge in [-0.25, -0.2) is 0 Å². The molecule has 0 aliphatic carbocycles. The highest BCUT2D eigenvalue weighted by atomic mass is 16.5. The van der Waals surface area contributed by atoms with Crippen LogP contribution in [0.25, 0.3) is 0 Å². The van der Waals surface area contributed by atoms with Crippen molar-refractivity contribution in [1.82, 2.24) is 10.2 Å². The zero-order valence-corrected chi connectivity index (χ0v) is 21.7. The third-order valence-corrected chi connectivity index (χ3v) is 7.14. The van der Waals surface area contributed by atoms with E-state index in [2.05, 4.69) is 23.5 Å². The number of amides is 2. The number of benzene rings is 3. The lowest BCUT2D eigenvalue weighted by Gasteiger charge is -2.38. The Hall–Kier alpha value is -3.84. The molecule has 8 bridgehead atoms. The lowest BCUT2D eigenvalue weighted by molar-refractivity contribution is -0.133. The number of carbonyl (C=O) groups is 2. The van der Waals surface area contributed by atoms with E-state index in [1.54, 1.807) is 0 Å². The summed E-state index contributed by atoms with van der Waals surface area (Å²) in [5, 5.41) is 2.98. The molecule has 8 rings (SSSR count). The number of hydrogen-bond donors (Lipinski definition) is 2. The van der Waals surface area contributed by atoms with E-state index in [0.717, 1.165) is 40.4 Å². The summed E-state index contributed by atoms with van der Waals surface area (Å²) in [6.45, 7) is 2.18. The van der Waals surface area contributed by atoms with Gasteiger partial charge in [0.2, 0.25) is 11.8 Å². The average molecular weight is 514 g/mol. The van der Waals surface area contributed by atoms with Crippen LogP contribution in [0, 0.1) is 0 Å². The summed E-state index contributed by atoms with van der Waals surface area (Å²) in [5.41, 5.74) is 10.1. The molecule has 0 fully saturated rings. The number of hydrogen-bond acceptors (Lipinski definition) is 5. The predicted octanol–water partition coefficient (Wildman–Crippen LogP) is 4.52. The van der Waals surface area contributed by atoms with Crippen LogP contribution >= 0.6 is 0 Å². The van der Waals surface area contributed by atoms with Crippen molar-refractivity contribution in [2.75, 3.05) is 26.2 Å². The molecular weight excluding hydrogens is 478 g/mol. The molecule has 0 saturated heterocycles. The van der Waals surface area contributed by atoms with Crippen molar-refractivity contribution in [1.29, 1.82) is 0 Å². The molecule has 5 aliphatic heterocycles. The molecule has 1 atom stereocenters. The van der Waals surface area contributed by atoms with E-state index in [9.17, 15) is 9.59 Å². The monoisotopic (exact) mass is 513 g/mol. The lowest BCUT2D eigenvalue weighted by Crippen LogP contribution is -2.40. The van der Waals surface area contributed by atoms with Gasteiger partial charge in [-0.1, -0.05) is 30.3 Å². The Morgan fingerprint density at radius 2 is 1.82 bits per heavy atom. The van der Waals surface area contributed by atoms with Gasteiger partial charge in [0.05, 0.1) is 12.6 Å². The smallest absolute Gasteiger partial charge is 0.223 e. The second-order valence-corrected chi connectivity index (χ2v) is 9.86. The summed E-state index contributed by atoms with van der Waals surface area (Å²) in [5.74, 6) is 2.41. The fourth-order valence-corrected chi connectivity index (χ4v) is 5.16. The SMILES string of the molecule is NCCCC(=O)N1CCc2cc3ccc2C1c1cccc(c1)OCCCNC(=O)CCc1ccc(cc1)O3. The van der Waals surface area contributed by atoms with Gasteiger partial charge in [0.25, 0.3) is 0 Å². The molecule has 7 heteroatoms. The maximum Gasteiger partial charge on any atom is 0.223 e. The first-order chi connectivity index (χ1) is 18.6. The zero-order chi connectivity index (χ0) is 26.3. The van der Waals surface area contributed by atoms with Gasteiger partial charge >= 0.3 is 0 Å². The Bertz CT molecular complexity index is 1270. The maximum absolute atomic E-state index is 13.3. The first-order valence-electron chi connectivity index (χ1n) is 13.5. The van der Waals surface area contributed by atoms with E-state index in [-0.39, 0.29) is 17.9 Å². The largest absolute Gasteiger partial charge is 0.494 e. The quantitative estimate of drug-likeness (QED) is 0.537. The van der Waals surface area contributed by atoms with Crippen molar-refractivity contribution in [3.63, 3.8) is 0 Å². The third kappa shape index (κ3) is 6.17. The first kappa shape index (κ1) is 25.8. The molecule has 0 saturated carbocycles. The molecular formula is C31H35N3O4. The molecule has 7 nitrogen and oxygen atoms in total. The van der Waals surface area contributed by atoms with E-state index >= 15 is 0 Å². The highest BCUT2D eigenvalue weighted by Gasteiger charge is 2.32. The molecule has 5 heterocycles. The molecule has 0 radical (unpaired) electrons.